The summed E-state index contributed by atoms with van der Waals surface area (Å²) in [5, 5.41) is 3.28. The average molecular weight is 261 g/mol. The molecule has 0 aliphatic rings. The van der Waals surface area contributed by atoms with Gasteiger partial charge in [-0.05, 0) is 19.1 Å². The maximum Gasteiger partial charge on any atom is 0.207 e. The van der Waals surface area contributed by atoms with Crippen LogP contribution in [0.1, 0.15) is 13.0 Å². The van der Waals surface area contributed by atoms with Gasteiger partial charge in [0.1, 0.15) is 5.75 Å². The van der Waals surface area contributed by atoms with E-state index in [1.54, 1.807) is 20.4 Å². The summed E-state index contributed by atoms with van der Waals surface area (Å²) < 4.78 is 12.4. The molecule has 1 unspecified atom stereocenters. The highest BCUT2D eigenvalue weighted by molar-refractivity contribution is 5.56. The SMILES string of the molecule is COCC(C)n1ccnc1Nc1cccc(OC)c1. The minimum Gasteiger partial charge on any atom is -0.497 e. The lowest BCUT2D eigenvalue weighted by Gasteiger charge is -2.16. The molecular weight excluding hydrogens is 242 g/mol. The van der Waals surface area contributed by atoms with Gasteiger partial charge < -0.3 is 19.4 Å². The number of imidazole rings is 1. The molecule has 1 heterocycles. The molecule has 2 rings (SSSR count). The number of anilines is 2. The van der Waals surface area contributed by atoms with Crippen LogP contribution in [0, 0.1) is 0 Å². The molecular formula is C14H19N3O2. The first-order valence-electron chi connectivity index (χ1n) is 6.17. The molecule has 0 amide bonds. The van der Waals surface area contributed by atoms with Crippen molar-refractivity contribution >= 4 is 11.6 Å². The zero-order valence-corrected chi connectivity index (χ0v) is 11.5. The Balaban J connectivity index is 2.16. The van der Waals surface area contributed by atoms with Crippen molar-refractivity contribution < 1.29 is 9.47 Å². The van der Waals surface area contributed by atoms with Crippen LogP contribution in [0.3, 0.4) is 0 Å². The van der Waals surface area contributed by atoms with Crippen LogP contribution in [0.25, 0.3) is 0 Å². The molecule has 0 spiro atoms. The second-order valence-corrected chi connectivity index (χ2v) is 4.32. The Kier molecular flexibility index (Phi) is 4.41. The van der Waals surface area contributed by atoms with E-state index in [4.69, 9.17) is 9.47 Å². The van der Waals surface area contributed by atoms with E-state index in [9.17, 15) is 0 Å². The number of methoxy groups -OCH3 is 2. The summed E-state index contributed by atoms with van der Waals surface area (Å²) in [5.41, 5.74) is 0.941. The van der Waals surface area contributed by atoms with Gasteiger partial charge in [-0.3, -0.25) is 0 Å². The second-order valence-electron chi connectivity index (χ2n) is 4.32. The number of ether oxygens (including phenoxy) is 2. The van der Waals surface area contributed by atoms with Gasteiger partial charge in [0.15, 0.2) is 0 Å². The van der Waals surface area contributed by atoms with E-state index in [2.05, 4.69) is 17.2 Å². The first-order chi connectivity index (χ1) is 9.24. The molecule has 19 heavy (non-hydrogen) atoms. The van der Waals surface area contributed by atoms with Gasteiger partial charge >= 0.3 is 0 Å². The van der Waals surface area contributed by atoms with Crippen molar-refractivity contribution in [3.8, 4) is 5.75 Å². The molecule has 5 nitrogen and oxygen atoms in total. The van der Waals surface area contributed by atoms with Crippen LogP contribution in [0.15, 0.2) is 36.7 Å². The third kappa shape index (κ3) is 3.26. The molecule has 0 saturated carbocycles. The van der Waals surface area contributed by atoms with Crippen molar-refractivity contribution in [1.82, 2.24) is 9.55 Å². The summed E-state index contributed by atoms with van der Waals surface area (Å²) in [6, 6.07) is 7.97. The van der Waals surface area contributed by atoms with E-state index in [0.29, 0.717) is 6.61 Å². The molecule has 5 heteroatoms. The topological polar surface area (TPSA) is 48.3 Å². The Morgan fingerprint density at radius 3 is 2.95 bits per heavy atom. The molecule has 0 aliphatic heterocycles. The normalized spacial score (nSPS) is 12.2. The maximum atomic E-state index is 5.20. The number of hydrogen-bond donors (Lipinski definition) is 1. The zero-order chi connectivity index (χ0) is 13.7. The number of nitrogens with one attached hydrogen (secondary N) is 1. The smallest absolute Gasteiger partial charge is 0.207 e. The van der Waals surface area contributed by atoms with Crippen molar-refractivity contribution in [3.05, 3.63) is 36.7 Å². The van der Waals surface area contributed by atoms with Crippen molar-refractivity contribution in [2.75, 3.05) is 26.1 Å². The zero-order valence-electron chi connectivity index (χ0n) is 11.5. The molecule has 1 atom stereocenters. The van der Waals surface area contributed by atoms with Crippen LogP contribution >= 0.6 is 0 Å². The molecule has 102 valence electrons. The molecule has 0 fully saturated rings. The predicted octanol–water partition coefficient (Wildman–Crippen LogP) is 2.84. The first kappa shape index (κ1) is 13.4. The lowest BCUT2D eigenvalue weighted by atomic mass is 10.3. The average Bonchev–Trinajstić information content (AvgIpc) is 2.87. The minimum absolute atomic E-state index is 0.223. The van der Waals surface area contributed by atoms with Crippen molar-refractivity contribution in [2.45, 2.75) is 13.0 Å². The first-order valence-corrected chi connectivity index (χ1v) is 6.17. The fourth-order valence-corrected chi connectivity index (χ4v) is 1.92. The molecule has 1 aromatic heterocycles. The number of benzene rings is 1. The summed E-state index contributed by atoms with van der Waals surface area (Å²) in [4.78, 5) is 4.33. The van der Waals surface area contributed by atoms with Crippen molar-refractivity contribution in [1.29, 1.82) is 0 Å². The summed E-state index contributed by atoms with van der Waals surface area (Å²) >= 11 is 0. The number of hydrogen-bond acceptors (Lipinski definition) is 4. The molecule has 0 radical (unpaired) electrons. The second kappa shape index (κ2) is 6.24. The summed E-state index contributed by atoms with van der Waals surface area (Å²) in [6.07, 6.45) is 3.71. The van der Waals surface area contributed by atoms with Gasteiger partial charge in [-0.15, -0.1) is 0 Å². The Hall–Kier alpha value is -2.01. The maximum absolute atomic E-state index is 5.20. The Morgan fingerprint density at radius 1 is 1.37 bits per heavy atom. The predicted molar refractivity (Wildman–Crippen MR) is 75.1 cm³/mol. The Bertz CT molecular complexity index is 525. The van der Waals surface area contributed by atoms with Crippen molar-refractivity contribution in [2.24, 2.45) is 0 Å². The van der Waals surface area contributed by atoms with Crippen LogP contribution in [0.4, 0.5) is 11.6 Å². The van der Waals surface area contributed by atoms with Gasteiger partial charge in [0.25, 0.3) is 0 Å². The minimum atomic E-state index is 0.223. The molecule has 1 aromatic carbocycles. The highest BCUT2D eigenvalue weighted by atomic mass is 16.5. The highest BCUT2D eigenvalue weighted by Crippen LogP contribution is 2.22. The van der Waals surface area contributed by atoms with E-state index < -0.39 is 0 Å². The number of rotatable bonds is 6. The Morgan fingerprint density at radius 2 is 2.21 bits per heavy atom. The molecule has 2 aromatic rings. The van der Waals surface area contributed by atoms with Gasteiger partial charge in [-0.2, -0.15) is 0 Å². The van der Waals surface area contributed by atoms with Crippen LogP contribution in [0.5, 0.6) is 5.75 Å². The fraction of sp³-hybridized carbons (Fsp3) is 0.357. The van der Waals surface area contributed by atoms with Gasteiger partial charge in [0.2, 0.25) is 5.95 Å². The van der Waals surface area contributed by atoms with Crippen molar-refractivity contribution in [3.63, 3.8) is 0 Å². The van der Waals surface area contributed by atoms with E-state index in [0.717, 1.165) is 17.4 Å². The number of nitrogens with zero attached hydrogens (tertiary/aromatic N) is 2. The standard InChI is InChI=1S/C14H19N3O2/c1-11(10-18-2)17-8-7-15-14(17)16-12-5-4-6-13(9-12)19-3/h4-9,11H,10H2,1-3H3,(H,15,16). The van der Waals surface area contributed by atoms with Gasteiger partial charge in [-0.1, -0.05) is 6.07 Å². The Labute approximate surface area is 113 Å². The fourth-order valence-electron chi connectivity index (χ4n) is 1.92. The van der Waals surface area contributed by atoms with Crippen LogP contribution < -0.4 is 10.1 Å². The summed E-state index contributed by atoms with van der Waals surface area (Å²) in [6.45, 7) is 2.73. The van der Waals surface area contributed by atoms with Crippen LogP contribution in [0.2, 0.25) is 0 Å². The molecule has 0 aliphatic carbocycles. The van der Waals surface area contributed by atoms with E-state index >= 15 is 0 Å². The van der Waals surface area contributed by atoms with E-state index in [-0.39, 0.29) is 6.04 Å². The molecule has 1 N–H and O–H groups in total. The monoisotopic (exact) mass is 261 g/mol. The van der Waals surface area contributed by atoms with E-state index in [1.165, 1.54) is 0 Å². The van der Waals surface area contributed by atoms with Crippen LogP contribution in [-0.2, 0) is 4.74 Å². The third-order valence-corrected chi connectivity index (χ3v) is 2.88. The lowest BCUT2D eigenvalue weighted by Crippen LogP contribution is -2.12. The summed E-state index contributed by atoms with van der Waals surface area (Å²) in [7, 11) is 3.35. The van der Waals surface area contributed by atoms with E-state index in [1.807, 2.05) is 35.0 Å². The van der Waals surface area contributed by atoms with Gasteiger partial charge in [0.05, 0.1) is 19.8 Å². The molecule has 0 saturated heterocycles. The molecule has 0 bridgehead atoms. The summed E-state index contributed by atoms with van der Waals surface area (Å²) in [5.74, 6) is 1.60. The lowest BCUT2D eigenvalue weighted by molar-refractivity contribution is 0.163. The van der Waals surface area contributed by atoms with Crippen LogP contribution in [-0.4, -0.2) is 30.4 Å². The highest BCUT2D eigenvalue weighted by Gasteiger charge is 2.10. The third-order valence-electron chi connectivity index (χ3n) is 2.88. The quantitative estimate of drug-likeness (QED) is 0.868. The van der Waals surface area contributed by atoms with Gasteiger partial charge in [-0.25, -0.2) is 4.98 Å². The van der Waals surface area contributed by atoms with Gasteiger partial charge in [0, 0.05) is 31.3 Å². The number of aromatic nitrogens is 2. The largest absolute Gasteiger partial charge is 0.497 e.